The lowest BCUT2D eigenvalue weighted by Gasteiger charge is -2.29. The number of piperazine rings is 1. The molecule has 0 radical (unpaired) electrons. The lowest BCUT2D eigenvalue weighted by atomic mass is 10.2. The predicted octanol–water partition coefficient (Wildman–Crippen LogP) is 1.24. The van der Waals surface area contributed by atoms with Crippen molar-refractivity contribution in [1.29, 1.82) is 0 Å². The number of hydrogen-bond donors (Lipinski definition) is 2. The van der Waals surface area contributed by atoms with Crippen molar-refractivity contribution >= 4 is 23.8 Å². The van der Waals surface area contributed by atoms with Crippen molar-refractivity contribution < 1.29 is 4.39 Å². The Bertz CT molecular complexity index is 326. The molecule has 0 aromatic heterocycles. The number of nitrogens with two attached hydrogens (primary N) is 1. The summed E-state index contributed by atoms with van der Waals surface area (Å²) >= 11 is 0. The number of nitrogens with zero attached hydrogens (tertiary/aromatic N) is 1. The third-order valence-electron chi connectivity index (χ3n) is 2.43. The Morgan fingerprint density at radius 1 is 1.27 bits per heavy atom. The minimum absolute atomic E-state index is 0. The van der Waals surface area contributed by atoms with Crippen LogP contribution in [0.2, 0.25) is 0 Å². The van der Waals surface area contributed by atoms with E-state index in [1.807, 2.05) is 4.90 Å². The summed E-state index contributed by atoms with van der Waals surface area (Å²) in [7, 11) is 0. The van der Waals surface area contributed by atoms with E-state index < -0.39 is 0 Å². The van der Waals surface area contributed by atoms with Gasteiger partial charge in [-0.1, -0.05) is 0 Å². The molecule has 15 heavy (non-hydrogen) atoms. The van der Waals surface area contributed by atoms with Crippen LogP contribution in [0, 0.1) is 5.82 Å². The second-order valence-electron chi connectivity index (χ2n) is 3.45. The van der Waals surface area contributed by atoms with E-state index in [-0.39, 0.29) is 18.2 Å². The molecule has 1 aliphatic rings. The van der Waals surface area contributed by atoms with Crippen LogP contribution < -0.4 is 16.0 Å². The maximum atomic E-state index is 13.5. The first-order valence-corrected chi connectivity index (χ1v) is 4.78. The first-order valence-electron chi connectivity index (χ1n) is 4.78. The van der Waals surface area contributed by atoms with E-state index in [0.717, 1.165) is 26.2 Å². The number of nitrogens with one attached hydrogen (secondary N) is 1. The van der Waals surface area contributed by atoms with Crippen molar-refractivity contribution in [3.63, 3.8) is 0 Å². The van der Waals surface area contributed by atoms with Gasteiger partial charge in [0.2, 0.25) is 0 Å². The van der Waals surface area contributed by atoms with Gasteiger partial charge < -0.3 is 16.0 Å². The minimum Gasteiger partial charge on any atom is -0.399 e. The molecule has 0 spiro atoms. The van der Waals surface area contributed by atoms with Crippen LogP contribution in [-0.4, -0.2) is 26.2 Å². The fourth-order valence-corrected chi connectivity index (χ4v) is 1.69. The Balaban J connectivity index is 0.00000112. The SMILES string of the molecule is Cl.Nc1ccc(N2CCNCC2)c(F)c1. The van der Waals surface area contributed by atoms with Crippen LogP contribution in [0.5, 0.6) is 0 Å². The second-order valence-corrected chi connectivity index (χ2v) is 3.45. The fraction of sp³-hybridized carbons (Fsp3) is 0.400. The van der Waals surface area contributed by atoms with Crippen LogP contribution in [0.4, 0.5) is 15.8 Å². The predicted molar refractivity (Wildman–Crippen MR) is 63.1 cm³/mol. The fourth-order valence-electron chi connectivity index (χ4n) is 1.69. The summed E-state index contributed by atoms with van der Waals surface area (Å²) in [4.78, 5) is 2.03. The first-order chi connectivity index (χ1) is 6.77. The molecular weight excluding hydrogens is 217 g/mol. The molecule has 1 aromatic carbocycles. The molecule has 0 bridgehead atoms. The highest BCUT2D eigenvalue weighted by molar-refractivity contribution is 5.85. The van der Waals surface area contributed by atoms with Gasteiger partial charge in [-0.05, 0) is 18.2 Å². The molecule has 5 heteroatoms. The summed E-state index contributed by atoms with van der Waals surface area (Å²) in [5, 5.41) is 3.23. The smallest absolute Gasteiger partial charge is 0.148 e. The van der Waals surface area contributed by atoms with Crippen LogP contribution in [0.3, 0.4) is 0 Å². The molecule has 2 rings (SSSR count). The van der Waals surface area contributed by atoms with Gasteiger partial charge in [0.25, 0.3) is 0 Å². The molecule has 1 heterocycles. The summed E-state index contributed by atoms with van der Waals surface area (Å²) in [6, 6.07) is 4.85. The first kappa shape index (κ1) is 12.1. The highest BCUT2D eigenvalue weighted by atomic mass is 35.5. The van der Waals surface area contributed by atoms with Gasteiger partial charge in [-0.15, -0.1) is 12.4 Å². The molecule has 0 unspecified atom stereocenters. The number of benzene rings is 1. The molecule has 3 nitrogen and oxygen atoms in total. The molecule has 0 saturated carbocycles. The molecule has 0 atom stereocenters. The molecule has 0 amide bonds. The van der Waals surface area contributed by atoms with Gasteiger partial charge in [0.1, 0.15) is 5.82 Å². The number of rotatable bonds is 1. The van der Waals surface area contributed by atoms with Crippen molar-refractivity contribution in [3.05, 3.63) is 24.0 Å². The van der Waals surface area contributed by atoms with E-state index >= 15 is 0 Å². The molecule has 3 N–H and O–H groups in total. The van der Waals surface area contributed by atoms with Crippen molar-refractivity contribution in [1.82, 2.24) is 5.32 Å². The van der Waals surface area contributed by atoms with Gasteiger partial charge in [-0.3, -0.25) is 0 Å². The quantitative estimate of drug-likeness (QED) is 0.715. The zero-order chi connectivity index (χ0) is 9.97. The maximum Gasteiger partial charge on any atom is 0.148 e. The largest absolute Gasteiger partial charge is 0.399 e. The molecule has 1 fully saturated rings. The van der Waals surface area contributed by atoms with Gasteiger partial charge >= 0.3 is 0 Å². The summed E-state index contributed by atoms with van der Waals surface area (Å²) < 4.78 is 13.5. The Morgan fingerprint density at radius 2 is 1.93 bits per heavy atom. The third kappa shape index (κ3) is 2.73. The van der Waals surface area contributed by atoms with E-state index in [1.54, 1.807) is 12.1 Å². The minimum atomic E-state index is -0.230. The van der Waals surface area contributed by atoms with E-state index in [1.165, 1.54) is 6.07 Å². The Morgan fingerprint density at radius 3 is 2.53 bits per heavy atom. The summed E-state index contributed by atoms with van der Waals surface area (Å²) in [6.45, 7) is 3.51. The van der Waals surface area contributed by atoms with Gasteiger partial charge in [-0.25, -0.2) is 4.39 Å². The van der Waals surface area contributed by atoms with Crippen LogP contribution in [0.15, 0.2) is 18.2 Å². The van der Waals surface area contributed by atoms with E-state index in [2.05, 4.69) is 5.32 Å². The Kier molecular flexibility index (Phi) is 4.17. The standard InChI is InChI=1S/C10H14FN3.ClH/c11-9-7-8(12)1-2-10(9)14-5-3-13-4-6-14;/h1-2,7,13H,3-6,12H2;1H. The molecule has 84 valence electrons. The van der Waals surface area contributed by atoms with Crippen molar-refractivity contribution in [2.24, 2.45) is 0 Å². The zero-order valence-corrected chi connectivity index (χ0v) is 9.19. The van der Waals surface area contributed by atoms with Crippen molar-refractivity contribution in [2.75, 3.05) is 36.8 Å². The summed E-state index contributed by atoms with van der Waals surface area (Å²) in [6.07, 6.45) is 0. The van der Waals surface area contributed by atoms with Crippen LogP contribution in [0.25, 0.3) is 0 Å². The number of nitrogen functional groups attached to an aromatic ring is 1. The monoisotopic (exact) mass is 231 g/mol. The van der Waals surface area contributed by atoms with Gasteiger partial charge in [-0.2, -0.15) is 0 Å². The van der Waals surface area contributed by atoms with E-state index in [4.69, 9.17) is 5.73 Å². The average Bonchev–Trinajstić information content (AvgIpc) is 2.19. The normalized spacial score (nSPS) is 15.9. The molecule has 1 saturated heterocycles. The molecule has 1 aromatic rings. The number of hydrogen-bond acceptors (Lipinski definition) is 3. The molecular formula is C10H15ClFN3. The average molecular weight is 232 g/mol. The number of anilines is 2. The lowest BCUT2D eigenvalue weighted by Crippen LogP contribution is -2.43. The van der Waals surface area contributed by atoms with Crippen LogP contribution in [-0.2, 0) is 0 Å². The number of halogens is 2. The van der Waals surface area contributed by atoms with E-state index in [9.17, 15) is 4.39 Å². The highest BCUT2D eigenvalue weighted by Gasteiger charge is 2.13. The van der Waals surface area contributed by atoms with Gasteiger partial charge in [0.15, 0.2) is 0 Å². The van der Waals surface area contributed by atoms with Crippen molar-refractivity contribution in [3.8, 4) is 0 Å². The Labute approximate surface area is 94.9 Å². The summed E-state index contributed by atoms with van der Waals surface area (Å²) in [5.41, 5.74) is 6.61. The third-order valence-corrected chi connectivity index (χ3v) is 2.43. The van der Waals surface area contributed by atoms with Crippen LogP contribution in [0.1, 0.15) is 0 Å². The summed E-state index contributed by atoms with van der Waals surface area (Å²) in [5.74, 6) is -0.230. The zero-order valence-electron chi connectivity index (χ0n) is 8.37. The maximum absolute atomic E-state index is 13.5. The molecule has 1 aliphatic heterocycles. The lowest BCUT2D eigenvalue weighted by molar-refractivity contribution is 0.566. The topological polar surface area (TPSA) is 41.3 Å². The molecule has 0 aliphatic carbocycles. The highest BCUT2D eigenvalue weighted by Crippen LogP contribution is 2.21. The second kappa shape index (κ2) is 5.19. The van der Waals surface area contributed by atoms with Crippen LogP contribution >= 0.6 is 12.4 Å². The Hall–Kier alpha value is -1.00. The van der Waals surface area contributed by atoms with E-state index in [0.29, 0.717) is 11.4 Å². The van der Waals surface area contributed by atoms with Crippen molar-refractivity contribution in [2.45, 2.75) is 0 Å². The van der Waals surface area contributed by atoms with Gasteiger partial charge in [0, 0.05) is 31.9 Å². The van der Waals surface area contributed by atoms with Gasteiger partial charge in [0.05, 0.1) is 5.69 Å².